The van der Waals surface area contributed by atoms with E-state index in [1.165, 1.54) is 17.3 Å². The first-order chi connectivity index (χ1) is 25.9. The number of aromatic nitrogens is 5. The van der Waals surface area contributed by atoms with Gasteiger partial charge in [0.25, 0.3) is 0 Å². The topological polar surface area (TPSA) is 122 Å². The Bertz CT molecular complexity index is 1920. The van der Waals surface area contributed by atoms with Crippen LogP contribution in [0.3, 0.4) is 0 Å². The van der Waals surface area contributed by atoms with Crippen molar-refractivity contribution in [3.8, 4) is 18.5 Å². The standard InChI is InChI=1S/C37H46N8O3S.C3H6.C2H2/c1-7-37(4,5)32-23-34(45(42-32)30-13-10-11-28(22-30)25-44-17-19-48-20-18-44)39-36(47)38-24-29-12-8-9-14-31(29)49-27(3)15-16-33-40-41-35(43(33)6)21-26(2)46;1-3-2;1-2/h8-16,22-23,46H,2-3,7,17-21,24-25H2,1,4-6H3,(H2,38,39,47);3H,1H2,2H3;1-2H/b16-15-;;. The molecule has 286 valence electrons. The van der Waals surface area contributed by atoms with E-state index in [1.54, 1.807) is 10.6 Å². The van der Waals surface area contributed by atoms with E-state index in [1.807, 2.05) is 73.3 Å². The molecule has 0 aliphatic carbocycles. The first-order valence-corrected chi connectivity index (χ1v) is 18.6. The smallest absolute Gasteiger partial charge is 0.320 e. The van der Waals surface area contributed by atoms with Crippen LogP contribution in [-0.2, 0) is 36.7 Å². The van der Waals surface area contributed by atoms with Crippen LogP contribution in [0.5, 0.6) is 0 Å². The SMILES string of the molecule is C#C.C=C(O)Cc1nnc(/C=C\C(=C)Sc2ccccc2CNC(=O)Nc2cc(C(C)(C)CC)nn2-c2cccc(CN3CCOCC3)c2)n1C.C=CC. The quantitative estimate of drug-likeness (QED) is 0.0388. The Morgan fingerprint density at radius 2 is 1.80 bits per heavy atom. The number of terminal acetylenes is 1. The Morgan fingerprint density at radius 1 is 1.09 bits per heavy atom. The maximum absolute atomic E-state index is 13.4. The van der Waals surface area contributed by atoms with Crippen molar-refractivity contribution in [2.45, 2.75) is 63.9 Å². The van der Waals surface area contributed by atoms with E-state index in [4.69, 9.17) is 9.84 Å². The van der Waals surface area contributed by atoms with Gasteiger partial charge < -0.3 is 19.7 Å². The fourth-order valence-electron chi connectivity index (χ4n) is 5.27. The van der Waals surface area contributed by atoms with Crippen molar-refractivity contribution < 1.29 is 14.6 Å². The summed E-state index contributed by atoms with van der Waals surface area (Å²) in [6.07, 6.45) is 14.6. The predicted octanol–water partition coefficient (Wildman–Crippen LogP) is 8.22. The minimum Gasteiger partial charge on any atom is -0.512 e. The van der Waals surface area contributed by atoms with E-state index < -0.39 is 0 Å². The third-order valence-corrected chi connectivity index (χ3v) is 9.64. The molecule has 2 amide bonds. The van der Waals surface area contributed by atoms with Crippen LogP contribution in [-0.4, -0.2) is 66.9 Å². The van der Waals surface area contributed by atoms with Gasteiger partial charge in [0.05, 0.1) is 36.8 Å². The predicted molar refractivity (Wildman–Crippen MR) is 222 cm³/mol. The Hall–Kier alpha value is -5.35. The van der Waals surface area contributed by atoms with Crippen LogP contribution < -0.4 is 10.6 Å². The van der Waals surface area contributed by atoms with Crippen LogP contribution in [0.1, 0.15) is 62.6 Å². The second-order valence-corrected chi connectivity index (χ2v) is 14.3. The van der Waals surface area contributed by atoms with Gasteiger partial charge >= 0.3 is 6.03 Å². The van der Waals surface area contributed by atoms with Crippen molar-refractivity contribution in [3.05, 3.63) is 126 Å². The monoisotopic (exact) mass is 750 g/mol. The third kappa shape index (κ3) is 12.7. The molecular formula is C42H54N8O3S. The lowest BCUT2D eigenvalue weighted by molar-refractivity contribution is 0.0342. The highest BCUT2D eigenvalue weighted by Crippen LogP contribution is 2.31. The number of urea groups is 1. The molecular weight excluding hydrogens is 697 g/mol. The Morgan fingerprint density at radius 3 is 2.48 bits per heavy atom. The molecule has 0 spiro atoms. The number of nitrogens with zero attached hydrogens (tertiary/aromatic N) is 6. The number of hydrogen-bond donors (Lipinski definition) is 3. The second-order valence-electron chi connectivity index (χ2n) is 13.1. The largest absolute Gasteiger partial charge is 0.512 e. The number of anilines is 1. The maximum atomic E-state index is 13.4. The van der Waals surface area contributed by atoms with Gasteiger partial charge in [-0.3, -0.25) is 10.2 Å². The highest BCUT2D eigenvalue weighted by molar-refractivity contribution is 8.03. The first-order valence-electron chi connectivity index (χ1n) is 17.8. The molecule has 3 heterocycles. The third-order valence-electron chi connectivity index (χ3n) is 8.63. The summed E-state index contributed by atoms with van der Waals surface area (Å²) in [5.74, 6) is 1.89. The van der Waals surface area contributed by atoms with Gasteiger partial charge in [-0.1, -0.05) is 82.1 Å². The van der Waals surface area contributed by atoms with Crippen LogP contribution >= 0.6 is 11.8 Å². The van der Waals surface area contributed by atoms with Crippen molar-refractivity contribution in [1.29, 1.82) is 0 Å². The zero-order chi connectivity index (χ0) is 39.7. The number of amides is 2. The van der Waals surface area contributed by atoms with Gasteiger partial charge in [0.1, 0.15) is 11.6 Å². The number of aliphatic hydroxyl groups excluding tert-OH is 1. The lowest BCUT2D eigenvalue weighted by atomic mass is 9.87. The Kier molecular flexibility index (Phi) is 17.0. The van der Waals surface area contributed by atoms with E-state index in [-0.39, 0.29) is 23.6 Å². The zero-order valence-corrected chi connectivity index (χ0v) is 33.0. The van der Waals surface area contributed by atoms with Gasteiger partial charge in [0.2, 0.25) is 0 Å². The fourth-order valence-corrected chi connectivity index (χ4v) is 6.10. The number of allylic oxidation sites excluding steroid dienone is 3. The number of carbonyl (C=O) groups is 1. The van der Waals surface area contributed by atoms with E-state index in [2.05, 4.69) is 91.2 Å². The van der Waals surface area contributed by atoms with Gasteiger partial charge in [-0.15, -0.1) is 29.6 Å². The molecule has 11 nitrogen and oxygen atoms in total. The molecule has 1 fully saturated rings. The number of nitrogens with one attached hydrogen (secondary N) is 2. The molecule has 3 N–H and O–H groups in total. The van der Waals surface area contributed by atoms with Gasteiger partial charge in [0, 0.05) is 54.5 Å². The number of aliphatic hydroxyl groups is 1. The summed E-state index contributed by atoms with van der Waals surface area (Å²) < 4.78 is 9.14. The molecule has 2 aromatic carbocycles. The van der Waals surface area contributed by atoms with E-state index in [0.717, 1.165) is 66.0 Å². The average Bonchev–Trinajstić information content (AvgIpc) is 3.75. The number of morpholine rings is 1. The molecule has 0 saturated carbocycles. The summed E-state index contributed by atoms with van der Waals surface area (Å²) in [6.45, 7) is 23.9. The van der Waals surface area contributed by atoms with Crippen molar-refractivity contribution in [1.82, 2.24) is 34.8 Å². The van der Waals surface area contributed by atoms with Crippen LogP contribution in [0, 0.1) is 12.8 Å². The molecule has 1 saturated heterocycles. The lowest BCUT2D eigenvalue weighted by Gasteiger charge is -2.26. The summed E-state index contributed by atoms with van der Waals surface area (Å²) in [6, 6.07) is 17.9. The van der Waals surface area contributed by atoms with E-state index in [9.17, 15) is 9.90 Å². The highest BCUT2D eigenvalue weighted by Gasteiger charge is 2.25. The van der Waals surface area contributed by atoms with E-state index in [0.29, 0.717) is 24.0 Å². The highest BCUT2D eigenvalue weighted by atomic mass is 32.2. The molecule has 4 aromatic rings. The Balaban J connectivity index is 0.00000149. The molecule has 12 heteroatoms. The first kappa shape index (κ1) is 43.1. The molecule has 0 atom stereocenters. The molecule has 1 aliphatic heterocycles. The number of carbonyl (C=O) groups excluding carboxylic acids is 1. The van der Waals surface area contributed by atoms with Gasteiger partial charge in [-0.25, -0.2) is 9.48 Å². The molecule has 0 bridgehead atoms. The molecule has 0 radical (unpaired) electrons. The van der Waals surface area contributed by atoms with Crippen LogP contribution in [0.4, 0.5) is 10.6 Å². The molecule has 5 rings (SSSR count). The summed E-state index contributed by atoms with van der Waals surface area (Å²) in [7, 11) is 1.84. The van der Waals surface area contributed by atoms with Crippen molar-refractivity contribution in [3.63, 3.8) is 0 Å². The van der Waals surface area contributed by atoms with Crippen molar-refractivity contribution >= 4 is 29.7 Å². The van der Waals surface area contributed by atoms with Crippen molar-refractivity contribution in [2.75, 3.05) is 31.6 Å². The number of hydrogen-bond acceptors (Lipinski definition) is 8. The van der Waals surface area contributed by atoms with Gasteiger partial charge in [-0.2, -0.15) is 5.10 Å². The summed E-state index contributed by atoms with van der Waals surface area (Å²) in [4.78, 5) is 17.5. The van der Waals surface area contributed by atoms with E-state index >= 15 is 0 Å². The summed E-state index contributed by atoms with van der Waals surface area (Å²) in [5, 5.41) is 28.9. The molecule has 2 aromatic heterocycles. The van der Waals surface area contributed by atoms with Crippen molar-refractivity contribution in [2.24, 2.45) is 7.05 Å². The van der Waals surface area contributed by atoms with Gasteiger partial charge in [-0.05, 0) is 54.8 Å². The van der Waals surface area contributed by atoms with Crippen LogP contribution in [0.15, 0.2) is 102 Å². The average molecular weight is 751 g/mol. The Labute approximate surface area is 324 Å². The van der Waals surface area contributed by atoms with Crippen LogP contribution in [0.25, 0.3) is 11.8 Å². The molecule has 1 aliphatic rings. The second kappa shape index (κ2) is 21.4. The lowest BCUT2D eigenvalue weighted by Crippen LogP contribution is -2.35. The van der Waals surface area contributed by atoms with Crippen LogP contribution in [0.2, 0.25) is 0 Å². The summed E-state index contributed by atoms with van der Waals surface area (Å²) in [5.41, 5.74) is 3.77. The van der Waals surface area contributed by atoms with Gasteiger partial charge in [0.15, 0.2) is 5.82 Å². The minimum absolute atomic E-state index is 0.0330. The molecule has 0 unspecified atom stereocenters. The minimum atomic E-state index is -0.325. The summed E-state index contributed by atoms with van der Waals surface area (Å²) >= 11 is 1.50. The number of rotatable bonds is 14. The maximum Gasteiger partial charge on any atom is 0.320 e. The normalized spacial score (nSPS) is 12.9. The number of ether oxygens (including phenoxy) is 1. The fraction of sp³-hybridized carbons (Fsp3) is 0.333. The molecule has 54 heavy (non-hydrogen) atoms. The number of benzene rings is 2. The zero-order valence-electron chi connectivity index (χ0n) is 32.2. The number of thioether (sulfide) groups is 1.